The van der Waals surface area contributed by atoms with Crippen molar-refractivity contribution in [1.82, 2.24) is 4.90 Å². The molecule has 2 atom stereocenters. The number of benzene rings is 1. The van der Waals surface area contributed by atoms with E-state index in [9.17, 15) is 0 Å². The second-order valence-electron chi connectivity index (χ2n) is 5.43. The smallest absolute Gasteiger partial charge is 0.0450 e. The molecule has 94 valence electrons. The molecule has 1 fully saturated rings. The molecule has 0 aromatic heterocycles. The summed E-state index contributed by atoms with van der Waals surface area (Å²) in [4.78, 5) is 2.45. The molecule has 0 bridgehead atoms. The molecule has 2 N–H and O–H groups in total. The summed E-state index contributed by atoms with van der Waals surface area (Å²) in [5.41, 5.74) is 8.90. The maximum Gasteiger partial charge on any atom is 0.0450 e. The molecular weight excluding hydrogens is 208 g/mol. The van der Waals surface area contributed by atoms with Crippen LogP contribution in [0.4, 0.5) is 0 Å². The Kier molecular flexibility index (Phi) is 3.85. The van der Waals surface area contributed by atoms with Crippen molar-refractivity contribution in [2.45, 2.75) is 51.2 Å². The van der Waals surface area contributed by atoms with Gasteiger partial charge in [-0.3, -0.25) is 4.90 Å². The summed E-state index contributed by atoms with van der Waals surface area (Å²) in [6, 6.07) is 9.87. The fourth-order valence-corrected chi connectivity index (χ4v) is 2.45. The lowest BCUT2D eigenvalue weighted by Gasteiger charge is -2.40. The lowest BCUT2D eigenvalue weighted by atomic mass is 9.89. The molecule has 0 radical (unpaired) electrons. The first-order valence-electron chi connectivity index (χ1n) is 6.63. The number of rotatable bonds is 4. The third kappa shape index (κ3) is 2.70. The summed E-state index contributed by atoms with van der Waals surface area (Å²) in [5, 5.41) is 0. The molecular formula is C15H24N2. The molecule has 1 aromatic rings. The van der Waals surface area contributed by atoms with E-state index in [0.29, 0.717) is 6.04 Å². The van der Waals surface area contributed by atoms with E-state index in [1.807, 2.05) is 0 Å². The first-order valence-corrected chi connectivity index (χ1v) is 6.63. The van der Waals surface area contributed by atoms with E-state index in [-0.39, 0.29) is 6.04 Å². The third-order valence-corrected chi connectivity index (χ3v) is 4.28. The van der Waals surface area contributed by atoms with Crippen molar-refractivity contribution in [1.29, 1.82) is 0 Å². The van der Waals surface area contributed by atoms with Crippen molar-refractivity contribution in [3.8, 4) is 0 Å². The highest BCUT2D eigenvalue weighted by atomic mass is 15.2. The lowest BCUT2D eigenvalue weighted by molar-refractivity contribution is 0.104. The Hall–Kier alpha value is -0.860. The van der Waals surface area contributed by atoms with Crippen LogP contribution in [-0.4, -0.2) is 24.0 Å². The summed E-state index contributed by atoms with van der Waals surface area (Å²) in [7, 11) is 2.21. The van der Waals surface area contributed by atoms with Gasteiger partial charge in [-0.2, -0.15) is 0 Å². The minimum atomic E-state index is 0.112. The number of nitrogens with two attached hydrogens (primary N) is 1. The predicted octanol–water partition coefficient (Wildman–Crippen LogP) is 2.87. The summed E-state index contributed by atoms with van der Waals surface area (Å²) < 4.78 is 0. The zero-order valence-corrected chi connectivity index (χ0v) is 11.2. The molecule has 1 aliphatic carbocycles. The number of aryl methyl sites for hydroxylation is 1. The standard InChI is InChI=1S/C15H24N2/c1-11-7-9-13(10-8-11)15(16)12(2)17(3)14-5-4-6-14/h7-10,12,14-15H,4-6,16H2,1-3H3. The summed E-state index contributed by atoms with van der Waals surface area (Å²) in [6.45, 7) is 4.35. The third-order valence-electron chi connectivity index (χ3n) is 4.28. The SMILES string of the molecule is Cc1ccc(C(N)C(C)N(C)C2CCC2)cc1. The Morgan fingerprint density at radius 3 is 2.29 bits per heavy atom. The average Bonchev–Trinajstić information content (AvgIpc) is 2.25. The molecule has 2 unspecified atom stereocenters. The van der Waals surface area contributed by atoms with Gasteiger partial charge in [0.1, 0.15) is 0 Å². The first-order chi connectivity index (χ1) is 8.09. The van der Waals surface area contributed by atoms with E-state index in [4.69, 9.17) is 5.73 Å². The van der Waals surface area contributed by atoms with E-state index in [1.165, 1.54) is 30.4 Å². The highest BCUT2D eigenvalue weighted by Gasteiger charge is 2.28. The fourth-order valence-electron chi connectivity index (χ4n) is 2.45. The number of hydrogen-bond acceptors (Lipinski definition) is 2. The van der Waals surface area contributed by atoms with Crippen LogP contribution in [0, 0.1) is 6.92 Å². The van der Waals surface area contributed by atoms with E-state index in [0.717, 1.165) is 6.04 Å². The van der Waals surface area contributed by atoms with Crippen molar-refractivity contribution >= 4 is 0 Å². The van der Waals surface area contributed by atoms with E-state index < -0.39 is 0 Å². The van der Waals surface area contributed by atoms with Crippen LogP contribution in [0.25, 0.3) is 0 Å². The molecule has 0 heterocycles. The van der Waals surface area contributed by atoms with Crippen molar-refractivity contribution < 1.29 is 0 Å². The lowest BCUT2D eigenvalue weighted by Crippen LogP contribution is -2.47. The van der Waals surface area contributed by atoms with Crippen molar-refractivity contribution in [2.75, 3.05) is 7.05 Å². The van der Waals surface area contributed by atoms with Gasteiger partial charge in [0.05, 0.1) is 0 Å². The molecule has 1 saturated carbocycles. The molecule has 0 spiro atoms. The van der Waals surface area contributed by atoms with Gasteiger partial charge >= 0.3 is 0 Å². The summed E-state index contributed by atoms with van der Waals surface area (Å²) in [5.74, 6) is 0. The fraction of sp³-hybridized carbons (Fsp3) is 0.600. The molecule has 0 saturated heterocycles. The van der Waals surface area contributed by atoms with Crippen LogP contribution in [0.1, 0.15) is 43.4 Å². The summed E-state index contributed by atoms with van der Waals surface area (Å²) >= 11 is 0. The van der Waals surface area contributed by atoms with Crippen LogP contribution in [0.3, 0.4) is 0 Å². The van der Waals surface area contributed by atoms with Gasteiger partial charge in [0.15, 0.2) is 0 Å². The van der Waals surface area contributed by atoms with Gasteiger partial charge in [0, 0.05) is 18.1 Å². The molecule has 0 amide bonds. The van der Waals surface area contributed by atoms with Crippen molar-refractivity contribution in [3.05, 3.63) is 35.4 Å². The Morgan fingerprint density at radius 2 is 1.82 bits per heavy atom. The van der Waals surface area contributed by atoms with E-state index >= 15 is 0 Å². The Labute approximate surface area is 105 Å². The van der Waals surface area contributed by atoms with Gasteiger partial charge in [0.25, 0.3) is 0 Å². The molecule has 0 aliphatic heterocycles. The van der Waals surface area contributed by atoms with Crippen molar-refractivity contribution in [2.24, 2.45) is 5.73 Å². The van der Waals surface area contributed by atoms with Crippen molar-refractivity contribution in [3.63, 3.8) is 0 Å². The highest BCUT2D eigenvalue weighted by Crippen LogP contribution is 2.28. The minimum Gasteiger partial charge on any atom is -0.323 e. The van der Waals surface area contributed by atoms with Crippen LogP contribution in [0.2, 0.25) is 0 Å². The van der Waals surface area contributed by atoms with Gasteiger partial charge in [-0.15, -0.1) is 0 Å². The van der Waals surface area contributed by atoms with Crippen LogP contribution >= 0.6 is 0 Å². The van der Waals surface area contributed by atoms with Gasteiger partial charge in [-0.1, -0.05) is 36.2 Å². The normalized spacial score (nSPS) is 20.1. The molecule has 2 rings (SSSR count). The quantitative estimate of drug-likeness (QED) is 0.865. The van der Waals surface area contributed by atoms with Gasteiger partial charge in [-0.25, -0.2) is 0 Å². The molecule has 2 nitrogen and oxygen atoms in total. The largest absolute Gasteiger partial charge is 0.323 e. The van der Waals surface area contributed by atoms with Crippen LogP contribution in [0.5, 0.6) is 0 Å². The molecule has 17 heavy (non-hydrogen) atoms. The maximum atomic E-state index is 6.36. The Bertz CT molecular complexity index is 354. The minimum absolute atomic E-state index is 0.112. The molecule has 2 heteroatoms. The van der Waals surface area contributed by atoms with Gasteiger partial charge in [-0.05, 0) is 39.3 Å². The predicted molar refractivity (Wildman–Crippen MR) is 73.0 cm³/mol. The second-order valence-corrected chi connectivity index (χ2v) is 5.43. The molecule has 1 aliphatic rings. The topological polar surface area (TPSA) is 29.3 Å². The van der Waals surface area contributed by atoms with Crippen LogP contribution < -0.4 is 5.73 Å². The van der Waals surface area contributed by atoms with Crippen LogP contribution in [0.15, 0.2) is 24.3 Å². The summed E-state index contributed by atoms with van der Waals surface area (Å²) in [6.07, 6.45) is 4.05. The van der Waals surface area contributed by atoms with Gasteiger partial charge in [0.2, 0.25) is 0 Å². The Morgan fingerprint density at radius 1 is 1.24 bits per heavy atom. The zero-order chi connectivity index (χ0) is 12.4. The molecule has 1 aromatic carbocycles. The Balaban J connectivity index is 2.02. The second kappa shape index (κ2) is 5.19. The van der Waals surface area contributed by atoms with Crippen LogP contribution in [-0.2, 0) is 0 Å². The number of hydrogen-bond donors (Lipinski definition) is 1. The zero-order valence-electron chi connectivity index (χ0n) is 11.2. The maximum absolute atomic E-state index is 6.36. The monoisotopic (exact) mass is 232 g/mol. The van der Waals surface area contributed by atoms with E-state index in [1.54, 1.807) is 0 Å². The first kappa shape index (κ1) is 12.6. The number of likely N-dealkylation sites (N-methyl/N-ethyl adjacent to an activating group) is 1. The highest BCUT2D eigenvalue weighted by molar-refractivity contribution is 5.24. The van der Waals surface area contributed by atoms with E-state index in [2.05, 4.69) is 50.1 Å². The number of nitrogens with zero attached hydrogens (tertiary/aromatic N) is 1. The van der Waals surface area contributed by atoms with Gasteiger partial charge < -0.3 is 5.73 Å². The average molecular weight is 232 g/mol.